The maximum absolute atomic E-state index is 13.6. The smallest absolute Gasteiger partial charge is 0.276 e. The average molecular weight is 257 g/mol. The second-order valence-corrected chi connectivity index (χ2v) is 3.80. The zero-order chi connectivity index (χ0) is 13.2. The Hall–Kier alpha value is -2.83. The second-order valence-electron chi connectivity index (χ2n) is 3.80. The van der Waals surface area contributed by atoms with Gasteiger partial charge in [-0.15, -0.1) is 0 Å². The van der Waals surface area contributed by atoms with E-state index >= 15 is 0 Å². The van der Waals surface area contributed by atoms with Crippen molar-refractivity contribution in [3.8, 4) is 0 Å². The molecule has 0 unspecified atom stereocenters. The lowest BCUT2D eigenvalue weighted by molar-refractivity contribution is 0.102. The molecule has 1 amide bonds. The van der Waals surface area contributed by atoms with Crippen LogP contribution in [0.2, 0.25) is 0 Å². The first-order valence-corrected chi connectivity index (χ1v) is 5.46. The number of amides is 1. The van der Waals surface area contributed by atoms with Crippen LogP contribution in [0.5, 0.6) is 0 Å². The van der Waals surface area contributed by atoms with Crippen LogP contribution in [0.15, 0.2) is 36.7 Å². The number of nitrogens with one attached hydrogen (secondary N) is 2. The second kappa shape index (κ2) is 4.45. The molecule has 6 nitrogen and oxygen atoms in total. The number of hydrogen-bond donors (Lipinski definition) is 2. The summed E-state index contributed by atoms with van der Waals surface area (Å²) >= 11 is 0. The van der Waals surface area contributed by atoms with Crippen molar-refractivity contribution in [2.75, 3.05) is 5.32 Å². The third-order valence-corrected chi connectivity index (χ3v) is 2.55. The van der Waals surface area contributed by atoms with Crippen LogP contribution >= 0.6 is 0 Å². The summed E-state index contributed by atoms with van der Waals surface area (Å²) in [6.07, 6.45) is 1.27. The zero-order valence-electron chi connectivity index (χ0n) is 9.59. The Morgan fingerprint density at radius 2 is 2.16 bits per heavy atom. The highest BCUT2D eigenvalue weighted by molar-refractivity contribution is 6.03. The van der Waals surface area contributed by atoms with Crippen LogP contribution in [0.1, 0.15) is 10.5 Å². The fourth-order valence-corrected chi connectivity index (χ4v) is 1.67. The van der Waals surface area contributed by atoms with E-state index in [4.69, 9.17) is 0 Å². The molecule has 19 heavy (non-hydrogen) atoms. The van der Waals surface area contributed by atoms with Crippen molar-refractivity contribution in [2.45, 2.75) is 0 Å². The predicted octanol–water partition coefficient (Wildman–Crippen LogP) is 1.74. The fraction of sp³-hybridized carbons (Fsp3) is 0. The predicted molar refractivity (Wildman–Crippen MR) is 66.0 cm³/mol. The monoisotopic (exact) mass is 257 g/mol. The first-order chi connectivity index (χ1) is 9.24. The summed E-state index contributed by atoms with van der Waals surface area (Å²) in [5, 5.41) is 9.20. The minimum atomic E-state index is -0.484. The largest absolute Gasteiger partial charge is 0.289 e. The number of aromatic nitrogens is 4. The van der Waals surface area contributed by atoms with Gasteiger partial charge in [-0.2, -0.15) is 10.1 Å². The van der Waals surface area contributed by atoms with Gasteiger partial charge in [0.1, 0.15) is 23.4 Å². The number of hydrogen-bond acceptors (Lipinski definition) is 4. The molecule has 2 N–H and O–H groups in total. The minimum Gasteiger partial charge on any atom is -0.289 e. The average Bonchev–Trinajstić information content (AvgIpc) is 2.92. The standard InChI is InChI=1S/C12H8FN5O/c13-8-3-1-2-7-4-5-9(16-10(7)8)11(19)17-12-14-6-15-18-12/h1-6H,(H2,14,15,17,18,19). The van der Waals surface area contributed by atoms with E-state index in [-0.39, 0.29) is 17.2 Å². The van der Waals surface area contributed by atoms with E-state index in [2.05, 4.69) is 25.5 Å². The first kappa shape index (κ1) is 11.3. The molecule has 0 saturated carbocycles. The van der Waals surface area contributed by atoms with E-state index in [1.54, 1.807) is 18.2 Å². The number of nitrogens with zero attached hydrogens (tertiary/aromatic N) is 3. The molecule has 0 atom stereocenters. The molecular weight excluding hydrogens is 249 g/mol. The van der Waals surface area contributed by atoms with Crippen LogP contribution in [-0.4, -0.2) is 26.1 Å². The summed E-state index contributed by atoms with van der Waals surface area (Å²) in [5.74, 6) is -0.742. The lowest BCUT2D eigenvalue weighted by atomic mass is 10.2. The van der Waals surface area contributed by atoms with Gasteiger partial charge in [0, 0.05) is 5.39 Å². The van der Waals surface area contributed by atoms with Crippen LogP contribution < -0.4 is 5.32 Å². The Labute approximate surface area is 106 Å². The molecular formula is C12H8FN5O. The topological polar surface area (TPSA) is 83.6 Å². The normalized spacial score (nSPS) is 10.6. The number of para-hydroxylation sites is 1. The van der Waals surface area contributed by atoms with Gasteiger partial charge in [0.15, 0.2) is 0 Å². The molecule has 0 aliphatic carbocycles. The highest BCUT2D eigenvalue weighted by Gasteiger charge is 2.11. The molecule has 0 fully saturated rings. The van der Waals surface area contributed by atoms with Gasteiger partial charge in [0.2, 0.25) is 5.95 Å². The molecule has 94 valence electrons. The van der Waals surface area contributed by atoms with Gasteiger partial charge in [0.25, 0.3) is 5.91 Å². The maximum atomic E-state index is 13.6. The highest BCUT2D eigenvalue weighted by atomic mass is 19.1. The Kier molecular flexibility index (Phi) is 2.64. The number of aromatic amines is 1. The third-order valence-electron chi connectivity index (χ3n) is 2.55. The zero-order valence-corrected chi connectivity index (χ0v) is 9.59. The molecule has 0 aliphatic rings. The summed E-state index contributed by atoms with van der Waals surface area (Å²) in [6, 6.07) is 7.78. The van der Waals surface area contributed by atoms with Gasteiger partial charge < -0.3 is 0 Å². The van der Waals surface area contributed by atoms with Crippen LogP contribution in [0, 0.1) is 5.82 Å². The van der Waals surface area contributed by atoms with Crippen LogP contribution in [0.25, 0.3) is 10.9 Å². The van der Waals surface area contributed by atoms with E-state index in [1.807, 2.05) is 0 Å². The molecule has 0 radical (unpaired) electrons. The van der Waals surface area contributed by atoms with Crippen molar-refractivity contribution in [3.63, 3.8) is 0 Å². The van der Waals surface area contributed by atoms with Gasteiger partial charge in [-0.1, -0.05) is 18.2 Å². The first-order valence-electron chi connectivity index (χ1n) is 5.46. The van der Waals surface area contributed by atoms with Gasteiger partial charge in [0.05, 0.1) is 0 Å². The Balaban J connectivity index is 1.97. The van der Waals surface area contributed by atoms with Crippen LogP contribution in [0.3, 0.4) is 0 Å². The number of carbonyl (C=O) groups excluding carboxylic acids is 1. The SMILES string of the molecule is O=C(Nc1ncn[nH]1)c1ccc2cccc(F)c2n1. The number of anilines is 1. The minimum absolute atomic E-state index is 0.106. The number of H-pyrrole nitrogens is 1. The highest BCUT2D eigenvalue weighted by Crippen LogP contribution is 2.16. The molecule has 3 aromatic rings. The molecule has 0 spiro atoms. The maximum Gasteiger partial charge on any atom is 0.276 e. The molecule has 0 saturated heterocycles. The van der Waals surface area contributed by atoms with Gasteiger partial charge in [-0.3, -0.25) is 10.1 Å². The molecule has 0 aliphatic heterocycles. The van der Waals surface area contributed by atoms with Gasteiger partial charge in [-0.25, -0.2) is 14.5 Å². The number of carbonyl (C=O) groups is 1. The van der Waals surface area contributed by atoms with Crippen molar-refractivity contribution in [3.05, 3.63) is 48.2 Å². The van der Waals surface area contributed by atoms with Crippen LogP contribution in [-0.2, 0) is 0 Å². The molecule has 2 aromatic heterocycles. The van der Waals surface area contributed by atoms with Gasteiger partial charge in [-0.05, 0) is 12.1 Å². The van der Waals surface area contributed by atoms with E-state index in [0.717, 1.165) is 0 Å². The van der Waals surface area contributed by atoms with E-state index in [9.17, 15) is 9.18 Å². The van der Waals surface area contributed by atoms with E-state index in [0.29, 0.717) is 5.39 Å². The lowest BCUT2D eigenvalue weighted by Gasteiger charge is -2.03. The number of benzene rings is 1. The summed E-state index contributed by atoms with van der Waals surface area (Å²) in [6.45, 7) is 0. The Morgan fingerprint density at radius 1 is 1.26 bits per heavy atom. The summed E-state index contributed by atoms with van der Waals surface area (Å²) in [7, 11) is 0. The van der Waals surface area contributed by atoms with Crippen molar-refractivity contribution >= 4 is 22.8 Å². The number of pyridine rings is 1. The van der Waals surface area contributed by atoms with E-state index < -0.39 is 11.7 Å². The molecule has 1 aromatic carbocycles. The fourth-order valence-electron chi connectivity index (χ4n) is 1.67. The lowest BCUT2D eigenvalue weighted by Crippen LogP contribution is -2.14. The molecule has 0 bridgehead atoms. The summed E-state index contributed by atoms with van der Waals surface area (Å²) in [5.41, 5.74) is 0.265. The molecule has 2 heterocycles. The summed E-state index contributed by atoms with van der Waals surface area (Å²) < 4.78 is 13.6. The quantitative estimate of drug-likeness (QED) is 0.732. The number of fused-ring (bicyclic) bond motifs is 1. The van der Waals surface area contributed by atoms with Gasteiger partial charge >= 0.3 is 0 Å². The number of rotatable bonds is 2. The van der Waals surface area contributed by atoms with Crippen molar-refractivity contribution in [2.24, 2.45) is 0 Å². The van der Waals surface area contributed by atoms with Crippen molar-refractivity contribution in [1.82, 2.24) is 20.2 Å². The molecule has 7 heteroatoms. The number of halogens is 1. The van der Waals surface area contributed by atoms with Crippen molar-refractivity contribution in [1.29, 1.82) is 0 Å². The third kappa shape index (κ3) is 2.13. The Bertz CT molecular complexity index is 741. The van der Waals surface area contributed by atoms with Crippen molar-refractivity contribution < 1.29 is 9.18 Å². The van der Waals surface area contributed by atoms with E-state index in [1.165, 1.54) is 18.5 Å². The summed E-state index contributed by atoms with van der Waals surface area (Å²) in [4.78, 5) is 19.7. The Morgan fingerprint density at radius 3 is 2.95 bits per heavy atom. The van der Waals surface area contributed by atoms with Crippen LogP contribution in [0.4, 0.5) is 10.3 Å². The molecule has 3 rings (SSSR count).